The highest BCUT2D eigenvalue weighted by Crippen LogP contribution is 2.36. The summed E-state index contributed by atoms with van der Waals surface area (Å²) in [6, 6.07) is 13.7. The number of para-hydroxylation sites is 1. The average molecular weight is 310 g/mol. The topological polar surface area (TPSA) is 64.3 Å². The third-order valence-corrected chi connectivity index (χ3v) is 3.86. The Bertz CT molecular complexity index is 732. The molecule has 0 amide bonds. The number of nitrogens with two attached hydrogens (primary N) is 1. The molecule has 0 aromatic heterocycles. The molecule has 0 spiro atoms. The van der Waals surface area contributed by atoms with Crippen LogP contribution in [0.15, 0.2) is 42.5 Å². The number of benzene rings is 2. The Balaban J connectivity index is 1.96. The van der Waals surface area contributed by atoms with Gasteiger partial charge >= 0.3 is 5.97 Å². The van der Waals surface area contributed by atoms with Crippen LogP contribution in [0.5, 0.6) is 0 Å². The van der Waals surface area contributed by atoms with Crippen molar-refractivity contribution in [3.63, 3.8) is 0 Å². The predicted octanol–water partition coefficient (Wildman–Crippen LogP) is 3.22. The molecule has 2 aromatic rings. The van der Waals surface area contributed by atoms with E-state index < -0.39 is 5.54 Å². The number of nitrogens with one attached hydrogen (secondary N) is 1. The number of hydrogen-bond donors (Lipinski definition) is 2. The Morgan fingerprint density at radius 3 is 2.70 bits per heavy atom. The average Bonchev–Trinajstić information content (AvgIpc) is 3.00. The zero-order chi connectivity index (χ0) is 16.4. The lowest BCUT2D eigenvalue weighted by Gasteiger charge is -2.19. The summed E-state index contributed by atoms with van der Waals surface area (Å²) in [7, 11) is 0. The van der Waals surface area contributed by atoms with Crippen LogP contribution < -0.4 is 11.1 Å². The van der Waals surface area contributed by atoms with Gasteiger partial charge in [0.1, 0.15) is 6.61 Å². The van der Waals surface area contributed by atoms with Crippen LogP contribution in [-0.4, -0.2) is 24.7 Å². The van der Waals surface area contributed by atoms with E-state index in [1.54, 1.807) is 6.07 Å². The van der Waals surface area contributed by atoms with Gasteiger partial charge in [0.2, 0.25) is 0 Å². The van der Waals surface area contributed by atoms with E-state index in [-0.39, 0.29) is 12.6 Å². The van der Waals surface area contributed by atoms with Crippen molar-refractivity contribution in [3.05, 3.63) is 53.6 Å². The maximum absolute atomic E-state index is 12.5. The van der Waals surface area contributed by atoms with Crippen molar-refractivity contribution in [3.8, 4) is 11.1 Å². The molecule has 3 N–H and O–H groups in total. The van der Waals surface area contributed by atoms with Crippen LogP contribution in [0.25, 0.3) is 11.1 Å². The molecular formula is C19H22N2O2. The Labute approximate surface area is 136 Å². The van der Waals surface area contributed by atoms with Crippen LogP contribution in [0.2, 0.25) is 0 Å². The van der Waals surface area contributed by atoms with Crippen LogP contribution in [0.3, 0.4) is 0 Å². The van der Waals surface area contributed by atoms with E-state index in [2.05, 4.69) is 11.4 Å². The fourth-order valence-electron chi connectivity index (χ4n) is 2.79. The van der Waals surface area contributed by atoms with E-state index in [4.69, 9.17) is 10.5 Å². The summed E-state index contributed by atoms with van der Waals surface area (Å²) >= 11 is 0. The van der Waals surface area contributed by atoms with Gasteiger partial charge in [0, 0.05) is 23.3 Å². The third kappa shape index (κ3) is 3.37. The standard InChI is InChI=1S/C19H22N2O2/c1-19(2,20)12-23-18(22)16-8-4-3-7-14(16)15-9-5-6-13-10-11-21-17(13)15/h3-9,21H,10-12,20H2,1-2H3. The van der Waals surface area contributed by atoms with Gasteiger partial charge in [-0.05, 0) is 37.5 Å². The zero-order valence-electron chi connectivity index (χ0n) is 13.6. The second-order valence-corrected chi connectivity index (χ2v) is 6.63. The Hall–Kier alpha value is -2.33. The molecule has 4 nitrogen and oxygen atoms in total. The number of ether oxygens (including phenoxy) is 1. The van der Waals surface area contributed by atoms with E-state index >= 15 is 0 Å². The molecule has 0 bridgehead atoms. The van der Waals surface area contributed by atoms with Gasteiger partial charge in [-0.3, -0.25) is 0 Å². The molecule has 0 saturated heterocycles. The summed E-state index contributed by atoms with van der Waals surface area (Å²) in [5, 5.41) is 3.42. The molecule has 2 aromatic carbocycles. The molecule has 0 unspecified atom stereocenters. The first-order chi connectivity index (χ1) is 11.0. The SMILES string of the molecule is CC(C)(N)COC(=O)c1ccccc1-c1cccc2c1NCC2. The van der Waals surface area contributed by atoms with Gasteiger partial charge in [0.05, 0.1) is 5.56 Å². The molecular weight excluding hydrogens is 288 g/mol. The highest BCUT2D eigenvalue weighted by Gasteiger charge is 2.21. The van der Waals surface area contributed by atoms with Crippen molar-refractivity contribution in [1.82, 2.24) is 0 Å². The Morgan fingerprint density at radius 1 is 1.17 bits per heavy atom. The molecule has 23 heavy (non-hydrogen) atoms. The molecule has 3 rings (SSSR count). The first kappa shape index (κ1) is 15.6. The maximum atomic E-state index is 12.5. The number of anilines is 1. The molecule has 0 atom stereocenters. The predicted molar refractivity (Wildman–Crippen MR) is 92.6 cm³/mol. The monoisotopic (exact) mass is 310 g/mol. The fourth-order valence-corrected chi connectivity index (χ4v) is 2.79. The summed E-state index contributed by atoms with van der Waals surface area (Å²) in [4.78, 5) is 12.5. The Morgan fingerprint density at radius 2 is 1.91 bits per heavy atom. The van der Waals surface area contributed by atoms with Crippen LogP contribution >= 0.6 is 0 Å². The van der Waals surface area contributed by atoms with E-state index in [1.165, 1.54) is 5.56 Å². The van der Waals surface area contributed by atoms with Crippen molar-refractivity contribution in [2.24, 2.45) is 5.73 Å². The molecule has 0 fully saturated rings. The van der Waals surface area contributed by atoms with Gasteiger partial charge in [0.15, 0.2) is 0 Å². The van der Waals surface area contributed by atoms with Crippen molar-refractivity contribution >= 4 is 11.7 Å². The van der Waals surface area contributed by atoms with Gasteiger partial charge in [-0.15, -0.1) is 0 Å². The first-order valence-electron chi connectivity index (χ1n) is 7.87. The summed E-state index contributed by atoms with van der Waals surface area (Å²) in [5.41, 5.74) is 10.3. The molecule has 120 valence electrons. The minimum atomic E-state index is -0.542. The second kappa shape index (κ2) is 6.05. The van der Waals surface area contributed by atoms with Crippen LogP contribution in [-0.2, 0) is 11.2 Å². The van der Waals surface area contributed by atoms with E-state index in [0.29, 0.717) is 5.56 Å². The summed E-state index contributed by atoms with van der Waals surface area (Å²) in [6.07, 6.45) is 1.01. The first-order valence-corrected chi connectivity index (χ1v) is 7.87. The molecule has 0 aliphatic carbocycles. The molecule has 1 aliphatic rings. The normalized spacial score (nSPS) is 13.3. The van der Waals surface area contributed by atoms with Gasteiger partial charge in [0.25, 0.3) is 0 Å². The minimum Gasteiger partial charge on any atom is -0.460 e. The number of rotatable bonds is 4. The van der Waals surface area contributed by atoms with Crippen molar-refractivity contribution in [1.29, 1.82) is 0 Å². The lowest BCUT2D eigenvalue weighted by Crippen LogP contribution is -2.38. The largest absolute Gasteiger partial charge is 0.460 e. The quantitative estimate of drug-likeness (QED) is 0.851. The van der Waals surface area contributed by atoms with Gasteiger partial charge in [-0.25, -0.2) is 4.79 Å². The summed E-state index contributed by atoms with van der Waals surface area (Å²) in [6.45, 7) is 4.78. The zero-order valence-corrected chi connectivity index (χ0v) is 13.6. The van der Waals surface area contributed by atoms with Crippen LogP contribution in [0.4, 0.5) is 5.69 Å². The highest BCUT2D eigenvalue weighted by molar-refractivity contribution is 5.99. The molecule has 0 saturated carbocycles. The number of fused-ring (bicyclic) bond motifs is 1. The maximum Gasteiger partial charge on any atom is 0.338 e. The second-order valence-electron chi connectivity index (χ2n) is 6.63. The van der Waals surface area contributed by atoms with Gasteiger partial charge < -0.3 is 15.8 Å². The molecule has 0 radical (unpaired) electrons. The van der Waals surface area contributed by atoms with Crippen molar-refractivity contribution in [2.45, 2.75) is 25.8 Å². The van der Waals surface area contributed by atoms with Crippen LogP contribution in [0.1, 0.15) is 29.8 Å². The summed E-state index contributed by atoms with van der Waals surface area (Å²) < 4.78 is 5.39. The fraction of sp³-hybridized carbons (Fsp3) is 0.316. The Kier molecular flexibility index (Phi) is 4.09. The van der Waals surface area contributed by atoms with E-state index in [1.807, 2.05) is 44.2 Å². The number of hydrogen-bond acceptors (Lipinski definition) is 4. The summed E-state index contributed by atoms with van der Waals surface area (Å²) in [5.74, 6) is -0.338. The lowest BCUT2D eigenvalue weighted by atomic mass is 9.96. The van der Waals surface area contributed by atoms with E-state index in [9.17, 15) is 4.79 Å². The lowest BCUT2D eigenvalue weighted by molar-refractivity contribution is 0.0434. The van der Waals surface area contributed by atoms with E-state index in [0.717, 1.165) is 29.8 Å². The molecule has 1 aliphatic heterocycles. The van der Waals surface area contributed by atoms with Crippen molar-refractivity contribution < 1.29 is 9.53 Å². The molecule has 1 heterocycles. The number of carbonyl (C=O) groups excluding carboxylic acids is 1. The number of esters is 1. The smallest absolute Gasteiger partial charge is 0.338 e. The van der Waals surface area contributed by atoms with Gasteiger partial charge in [-0.2, -0.15) is 0 Å². The van der Waals surface area contributed by atoms with Crippen LogP contribution in [0, 0.1) is 0 Å². The molecule has 4 heteroatoms. The number of carbonyl (C=O) groups is 1. The third-order valence-electron chi connectivity index (χ3n) is 3.86. The highest BCUT2D eigenvalue weighted by atomic mass is 16.5. The van der Waals surface area contributed by atoms with Gasteiger partial charge in [-0.1, -0.05) is 36.4 Å². The van der Waals surface area contributed by atoms with Crippen molar-refractivity contribution in [2.75, 3.05) is 18.5 Å². The minimum absolute atomic E-state index is 0.186.